The number of aliphatic hydroxyl groups excluding tert-OH is 2. The average molecular weight is 1050 g/mol. The Bertz CT molecular complexity index is 1440. The number of quaternary nitrogens is 1. The Morgan fingerprint density at radius 2 is 0.849 bits per heavy atom. The van der Waals surface area contributed by atoms with Crippen molar-refractivity contribution in [1.29, 1.82) is 0 Å². The minimum Gasteiger partial charge on any atom is -0.390 e. The molecule has 4 unspecified atom stereocenters. The van der Waals surface area contributed by atoms with E-state index < -0.39 is 32.7 Å². The van der Waals surface area contributed by atoms with Gasteiger partial charge in [-0.2, -0.15) is 0 Å². The molecule has 0 radical (unpaired) electrons. The van der Waals surface area contributed by atoms with E-state index in [1.54, 1.807) is 0 Å². The van der Waals surface area contributed by atoms with Gasteiger partial charge in [-0.15, -0.1) is 0 Å². The van der Waals surface area contributed by atoms with Crippen LogP contribution in [0.3, 0.4) is 0 Å². The molecule has 0 saturated carbocycles. The molecule has 0 aromatic rings. The second-order valence-electron chi connectivity index (χ2n) is 21.8. The molecular formula is C63H118N2O7P+. The lowest BCUT2D eigenvalue weighted by Crippen LogP contribution is -2.51. The molecule has 0 aliphatic rings. The Labute approximate surface area is 451 Å². The van der Waals surface area contributed by atoms with Crippen molar-refractivity contribution in [3.8, 4) is 0 Å². The molecule has 10 heteroatoms. The lowest BCUT2D eigenvalue weighted by Gasteiger charge is -2.28. The third-order valence-corrected chi connectivity index (χ3v) is 14.5. The van der Waals surface area contributed by atoms with Gasteiger partial charge >= 0.3 is 7.82 Å². The zero-order valence-electron chi connectivity index (χ0n) is 48.2. The zero-order valence-corrected chi connectivity index (χ0v) is 49.1. The third kappa shape index (κ3) is 54.5. The van der Waals surface area contributed by atoms with E-state index in [1.807, 2.05) is 21.1 Å². The molecule has 4 N–H and O–H groups in total. The van der Waals surface area contributed by atoms with Crippen LogP contribution in [-0.4, -0.2) is 84.6 Å². The quantitative estimate of drug-likeness (QED) is 0.0207. The number of phosphoric acid groups is 1. The number of hydrogen-bond donors (Lipinski definition) is 4. The number of carbonyl (C=O) groups is 1. The molecule has 0 aromatic carbocycles. The number of rotatable bonds is 55. The Hall–Kier alpha value is -2.10. The van der Waals surface area contributed by atoms with Gasteiger partial charge in [-0.05, 0) is 83.5 Å². The molecule has 0 heterocycles. The second-order valence-corrected chi connectivity index (χ2v) is 23.3. The number of unbranched alkanes of at least 4 members (excludes halogenated alkanes) is 29. The molecule has 0 rings (SSSR count). The van der Waals surface area contributed by atoms with Crippen molar-refractivity contribution in [2.75, 3.05) is 40.9 Å². The van der Waals surface area contributed by atoms with Gasteiger partial charge in [0, 0.05) is 6.42 Å². The maximum Gasteiger partial charge on any atom is 0.472 e. The van der Waals surface area contributed by atoms with E-state index in [1.165, 1.54) is 167 Å². The number of amides is 1. The summed E-state index contributed by atoms with van der Waals surface area (Å²) in [6.07, 6.45) is 70.2. The van der Waals surface area contributed by atoms with E-state index in [2.05, 4.69) is 92.1 Å². The van der Waals surface area contributed by atoms with E-state index in [4.69, 9.17) is 9.05 Å². The summed E-state index contributed by atoms with van der Waals surface area (Å²) < 4.78 is 23.6. The summed E-state index contributed by atoms with van der Waals surface area (Å²) in [5.41, 5.74) is 0. The van der Waals surface area contributed by atoms with Crippen LogP contribution in [0.15, 0.2) is 72.9 Å². The highest BCUT2D eigenvalue weighted by Crippen LogP contribution is 2.43. The normalized spacial score (nSPS) is 14.8. The van der Waals surface area contributed by atoms with Crippen molar-refractivity contribution < 1.29 is 38.0 Å². The van der Waals surface area contributed by atoms with Gasteiger partial charge in [-0.3, -0.25) is 13.8 Å². The SMILES string of the molecule is CC/C=C\C/C=C\C/C=C\C/C=C\C/C=C\CCCCCCCCCCCCCCCCCCCCCCCC(=O)NC(COP(=O)(O)OCC[N+](C)(C)C)C(O)C(O)CCC/C=C/CCCCCCCCC. The summed E-state index contributed by atoms with van der Waals surface area (Å²) >= 11 is 0. The highest BCUT2D eigenvalue weighted by molar-refractivity contribution is 7.47. The van der Waals surface area contributed by atoms with E-state index in [0.29, 0.717) is 23.9 Å². The van der Waals surface area contributed by atoms with Crippen molar-refractivity contribution >= 4 is 13.7 Å². The summed E-state index contributed by atoms with van der Waals surface area (Å²) in [5.74, 6) is -0.266. The summed E-state index contributed by atoms with van der Waals surface area (Å²) in [4.78, 5) is 23.3. The van der Waals surface area contributed by atoms with Gasteiger partial charge in [0.05, 0.1) is 39.9 Å². The van der Waals surface area contributed by atoms with Gasteiger partial charge in [-0.1, -0.05) is 247 Å². The first-order valence-electron chi connectivity index (χ1n) is 30.4. The molecule has 0 spiro atoms. The van der Waals surface area contributed by atoms with E-state index in [9.17, 15) is 24.5 Å². The number of nitrogens with zero attached hydrogens (tertiary/aromatic N) is 1. The fourth-order valence-corrected chi connectivity index (χ4v) is 9.50. The van der Waals surface area contributed by atoms with Crippen LogP contribution in [0.1, 0.15) is 264 Å². The Kier molecular flexibility index (Phi) is 51.8. The molecule has 1 amide bonds. The molecule has 0 aliphatic heterocycles. The average Bonchev–Trinajstić information content (AvgIpc) is 3.35. The smallest absolute Gasteiger partial charge is 0.390 e. The Morgan fingerprint density at radius 3 is 1.26 bits per heavy atom. The number of nitrogens with one attached hydrogen (secondary N) is 1. The maximum atomic E-state index is 13.0. The lowest BCUT2D eigenvalue weighted by molar-refractivity contribution is -0.870. The molecule has 9 nitrogen and oxygen atoms in total. The van der Waals surface area contributed by atoms with Crippen molar-refractivity contribution in [3.63, 3.8) is 0 Å². The number of carbonyl (C=O) groups excluding carboxylic acids is 1. The number of aliphatic hydroxyl groups is 2. The van der Waals surface area contributed by atoms with Crippen molar-refractivity contribution in [2.24, 2.45) is 0 Å². The van der Waals surface area contributed by atoms with Crippen molar-refractivity contribution in [1.82, 2.24) is 5.32 Å². The molecule has 73 heavy (non-hydrogen) atoms. The van der Waals surface area contributed by atoms with Crippen molar-refractivity contribution in [2.45, 2.75) is 283 Å². The van der Waals surface area contributed by atoms with E-state index in [0.717, 1.165) is 64.2 Å². The van der Waals surface area contributed by atoms with Crippen LogP contribution < -0.4 is 5.32 Å². The third-order valence-electron chi connectivity index (χ3n) is 13.5. The summed E-state index contributed by atoms with van der Waals surface area (Å²) in [6, 6.07) is -1.05. The first-order chi connectivity index (χ1) is 35.4. The van der Waals surface area contributed by atoms with Crippen LogP contribution in [0.2, 0.25) is 0 Å². The van der Waals surface area contributed by atoms with E-state index in [-0.39, 0.29) is 18.9 Å². The van der Waals surface area contributed by atoms with Gasteiger partial charge in [0.2, 0.25) is 5.91 Å². The maximum absolute atomic E-state index is 13.0. The minimum atomic E-state index is -4.43. The predicted octanol–water partition coefficient (Wildman–Crippen LogP) is 17.6. The minimum absolute atomic E-state index is 0.0161. The predicted molar refractivity (Wildman–Crippen MR) is 315 cm³/mol. The highest BCUT2D eigenvalue weighted by Gasteiger charge is 2.32. The molecular weight excluding hydrogens is 928 g/mol. The number of likely N-dealkylation sites (N-methyl/N-ethyl adjacent to an activating group) is 1. The van der Waals surface area contributed by atoms with Crippen molar-refractivity contribution in [3.05, 3.63) is 72.9 Å². The number of allylic oxidation sites excluding steroid dienone is 12. The molecule has 426 valence electrons. The monoisotopic (exact) mass is 1050 g/mol. The molecule has 0 fully saturated rings. The first-order valence-corrected chi connectivity index (χ1v) is 31.9. The van der Waals surface area contributed by atoms with Gasteiger partial charge in [0.15, 0.2) is 0 Å². The molecule has 0 aliphatic carbocycles. The van der Waals surface area contributed by atoms with Crippen LogP contribution >= 0.6 is 7.82 Å². The fourth-order valence-electron chi connectivity index (χ4n) is 8.76. The van der Waals surface area contributed by atoms with Crippen LogP contribution in [0, 0.1) is 0 Å². The van der Waals surface area contributed by atoms with Gasteiger partial charge in [0.1, 0.15) is 19.3 Å². The molecule has 0 saturated heterocycles. The lowest BCUT2D eigenvalue weighted by atomic mass is 10.0. The summed E-state index contributed by atoms with van der Waals surface area (Å²) in [7, 11) is 1.42. The van der Waals surface area contributed by atoms with Crippen LogP contribution in [0.25, 0.3) is 0 Å². The van der Waals surface area contributed by atoms with Gasteiger partial charge in [-0.25, -0.2) is 4.57 Å². The van der Waals surface area contributed by atoms with E-state index >= 15 is 0 Å². The summed E-state index contributed by atoms with van der Waals surface area (Å²) in [6.45, 7) is 4.47. The van der Waals surface area contributed by atoms with Gasteiger partial charge in [0.25, 0.3) is 0 Å². The van der Waals surface area contributed by atoms with Gasteiger partial charge < -0.3 is 24.9 Å². The largest absolute Gasteiger partial charge is 0.472 e. The number of phosphoric ester groups is 1. The highest BCUT2D eigenvalue weighted by atomic mass is 31.2. The first kappa shape index (κ1) is 70.9. The molecule has 0 aromatic heterocycles. The fraction of sp³-hybridized carbons (Fsp3) is 0.794. The standard InChI is InChI=1S/C63H117N2O7P/c1-6-8-10-12-14-16-18-20-21-22-23-24-25-26-27-28-29-30-31-32-33-34-35-36-37-38-39-40-41-42-43-44-46-48-50-52-54-56-62(67)64-60(59-72-73(69,70)71-58-57-65(3,4)5)63(68)61(66)55-53-51-49-47-45-19-17-15-13-11-9-7-2/h8,10,14,16,20-21,23-24,26-27,47,49,60-61,63,66,68H,6-7,9,11-13,15,17-19,22,25,28-46,48,50-59H2,1-5H3,(H-,64,67,69,70)/p+1/b10-8-,16-14-,21-20-,24-23-,27-26-,49-47+. The second kappa shape index (κ2) is 53.3. The topological polar surface area (TPSA) is 125 Å². The summed E-state index contributed by atoms with van der Waals surface area (Å²) in [5, 5.41) is 24.8. The van der Waals surface area contributed by atoms with Crippen LogP contribution in [0.4, 0.5) is 0 Å². The van der Waals surface area contributed by atoms with Crippen LogP contribution in [-0.2, 0) is 18.4 Å². The zero-order chi connectivity index (χ0) is 53.6. The molecule has 0 bridgehead atoms. The Balaban J connectivity index is 4.01. The number of hydrogen-bond acceptors (Lipinski definition) is 6. The Morgan fingerprint density at radius 1 is 0.493 bits per heavy atom. The van der Waals surface area contributed by atoms with Crippen LogP contribution in [0.5, 0.6) is 0 Å². The molecule has 4 atom stereocenters.